The Morgan fingerprint density at radius 3 is 2.71 bits per heavy atom. The first-order chi connectivity index (χ1) is 16.7. The zero-order chi connectivity index (χ0) is 25.2. The van der Waals surface area contributed by atoms with Crippen molar-refractivity contribution >= 4 is 34.3 Å². The van der Waals surface area contributed by atoms with Crippen LogP contribution < -0.4 is 5.32 Å². The largest absolute Gasteiger partial charge is 0.443 e. The maximum atomic E-state index is 13.0. The van der Waals surface area contributed by atoms with Crippen LogP contribution in [0, 0.1) is 5.92 Å². The highest BCUT2D eigenvalue weighted by Crippen LogP contribution is 2.55. The number of ether oxygens (including phenoxy) is 3. The number of nitrogens with one attached hydrogen (secondary N) is 1. The number of benzene rings is 2. The van der Waals surface area contributed by atoms with Gasteiger partial charge in [-0.15, -0.1) is 0 Å². The van der Waals surface area contributed by atoms with Gasteiger partial charge in [-0.05, 0) is 57.7 Å². The molecule has 0 radical (unpaired) electrons. The van der Waals surface area contributed by atoms with Gasteiger partial charge in [0.25, 0.3) is 0 Å². The molecule has 2 N–H and O–H groups in total. The molecule has 2 aromatic carbocycles. The molecule has 7 heteroatoms. The molecule has 0 spiro atoms. The molecule has 1 amide bonds. The highest BCUT2D eigenvalue weighted by atomic mass is 32.2. The van der Waals surface area contributed by atoms with Crippen molar-refractivity contribution < 1.29 is 24.1 Å². The molecule has 2 fully saturated rings. The fourth-order valence-corrected chi connectivity index (χ4v) is 6.52. The van der Waals surface area contributed by atoms with Crippen LogP contribution in [0.1, 0.15) is 40.0 Å². The van der Waals surface area contributed by atoms with E-state index in [0.717, 1.165) is 17.2 Å². The Bertz CT molecular complexity index is 1080. The lowest BCUT2D eigenvalue weighted by Gasteiger charge is -2.48. The zero-order valence-electron chi connectivity index (χ0n) is 21.2. The second-order valence-electron chi connectivity index (χ2n) is 10.2. The lowest BCUT2D eigenvalue weighted by atomic mass is 9.66. The van der Waals surface area contributed by atoms with Crippen molar-refractivity contribution in [2.45, 2.75) is 69.5 Å². The number of allylic oxidation sites excluding steroid dienone is 1. The SMILES string of the molecule is COC1C(OC(=O)Nc2cccc3ccccc23)CCC(O)(CSC)C1C1(C)OC1CC=C(C)C. The van der Waals surface area contributed by atoms with Gasteiger partial charge in [0.15, 0.2) is 0 Å². The predicted molar refractivity (Wildman–Crippen MR) is 142 cm³/mol. The van der Waals surface area contributed by atoms with Gasteiger partial charge in [-0.25, -0.2) is 4.79 Å². The Labute approximate surface area is 212 Å². The minimum absolute atomic E-state index is 0.00306. The van der Waals surface area contributed by atoms with E-state index in [9.17, 15) is 9.90 Å². The van der Waals surface area contributed by atoms with E-state index in [1.165, 1.54) is 5.57 Å². The maximum Gasteiger partial charge on any atom is 0.412 e. The quantitative estimate of drug-likeness (QED) is 0.353. The second-order valence-corrected chi connectivity index (χ2v) is 11.0. The normalized spacial score (nSPS) is 32.2. The molecular weight excluding hydrogens is 462 g/mol. The Hall–Kier alpha value is -2.06. The van der Waals surface area contributed by atoms with Crippen LogP contribution in [0.5, 0.6) is 0 Å². The maximum absolute atomic E-state index is 13.0. The summed E-state index contributed by atoms with van der Waals surface area (Å²) in [5.41, 5.74) is 0.416. The lowest BCUT2D eigenvalue weighted by molar-refractivity contribution is -0.169. The standard InChI is InChI=1S/C28H37NO5S/c1-18(2)13-14-23-27(3,34-23)25-24(32-4)22(15-16-28(25,31)17-35-5)33-26(30)29-21-12-8-10-19-9-6-7-11-20(19)21/h6-13,22-25,31H,14-17H2,1-5H3,(H,29,30). The Balaban J connectivity index is 1.53. The number of anilines is 1. The topological polar surface area (TPSA) is 80.3 Å². The molecule has 1 heterocycles. The lowest BCUT2D eigenvalue weighted by Crippen LogP contribution is -2.61. The van der Waals surface area contributed by atoms with E-state index < -0.39 is 29.5 Å². The molecular formula is C28H37NO5S. The highest BCUT2D eigenvalue weighted by Gasteiger charge is 2.67. The second kappa shape index (κ2) is 10.5. The number of thioether (sulfide) groups is 1. The number of epoxide rings is 1. The summed E-state index contributed by atoms with van der Waals surface area (Å²) in [5.74, 6) is 0.243. The first-order valence-electron chi connectivity index (χ1n) is 12.2. The van der Waals surface area contributed by atoms with Gasteiger partial charge in [0.1, 0.15) is 17.8 Å². The molecule has 1 saturated carbocycles. The molecule has 35 heavy (non-hydrogen) atoms. The molecule has 1 aliphatic heterocycles. The molecule has 0 aromatic heterocycles. The molecule has 2 aromatic rings. The van der Waals surface area contributed by atoms with Crippen LogP contribution >= 0.6 is 11.8 Å². The average molecular weight is 500 g/mol. The van der Waals surface area contributed by atoms with E-state index in [4.69, 9.17) is 14.2 Å². The molecule has 6 nitrogen and oxygen atoms in total. The molecule has 1 aliphatic carbocycles. The number of methoxy groups -OCH3 is 1. The first kappa shape index (κ1) is 26.0. The Morgan fingerprint density at radius 2 is 2.00 bits per heavy atom. The number of hydrogen-bond donors (Lipinski definition) is 2. The average Bonchev–Trinajstić information content (AvgIpc) is 3.49. The molecule has 0 bridgehead atoms. The van der Waals surface area contributed by atoms with Crippen molar-refractivity contribution in [1.29, 1.82) is 0 Å². The molecule has 190 valence electrons. The third-order valence-electron chi connectivity index (χ3n) is 7.42. The third-order valence-corrected chi connectivity index (χ3v) is 8.21. The van der Waals surface area contributed by atoms with Crippen LogP contribution in [0.3, 0.4) is 0 Å². The van der Waals surface area contributed by atoms with Crippen LogP contribution in [-0.4, -0.2) is 59.8 Å². The monoisotopic (exact) mass is 499 g/mol. The van der Waals surface area contributed by atoms with Crippen LogP contribution in [0.15, 0.2) is 54.1 Å². The van der Waals surface area contributed by atoms with E-state index in [0.29, 0.717) is 24.3 Å². The number of amides is 1. The van der Waals surface area contributed by atoms with E-state index >= 15 is 0 Å². The summed E-state index contributed by atoms with van der Waals surface area (Å²) >= 11 is 1.61. The minimum Gasteiger partial charge on any atom is -0.443 e. The van der Waals surface area contributed by atoms with Crippen LogP contribution in [0.25, 0.3) is 10.8 Å². The molecule has 4 rings (SSSR count). The van der Waals surface area contributed by atoms with E-state index in [1.807, 2.05) is 48.7 Å². The molecule has 1 saturated heterocycles. The fraction of sp³-hybridized carbons (Fsp3) is 0.536. The van der Waals surface area contributed by atoms with Crippen LogP contribution in [0.2, 0.25) is 0 Å². The molecule has 2 aliphatic rings. The van der Waals surface area contributed by atoms with Crippen molar-refractivity contribution in [2.24, 2.45) is 5.92 Å². The smallest absolute Gasteiger partial charge is 0.412 e. The van der Waals surface area contributed by atoms with Crippen molar-refractivity contribution in [2.75, 3.05) is 24.4 Å². The minimum atomic E-state index is -0.972. The summed E-state index contributed by atoms with van der Waals surface area (Å²) in [7, 11) is 1.62. The third kappa shape index (κ3) is 5.38. The van der Waals surface area contributed by atoms with E-state index in [2.05, 4.69) is 32.2 Å². The van der Waals surface area contributed by atoms with Gasteiger partial charge < -0.3 is 19.3 Å². The van der Waals surface area contributed by atoms with Gasteiger partial charge in [0.2, 0.25) is 0 Å². The highest BCUT2D eigenvalue weighted by molar-refractivity contribution is 7.98. The summed E-state index contributed by atoms with van der Waals surface area (Å²) in [5, 5.41) is 16.7. The number of hydrogen-bond acceptors (Lipinski definition) is 6. The number of carbonyl (C=O) groups excluding carboxylic acids is 1. The van der Waals surface area contributed by atoms with E-state index in [1.54, 1.807) is 18.9 Å². The first-order valence-corrected chi connectivity index (χ1v) is 13.6. The van der Waals surface area contributed by atoms with Crippen molar-refractivity contribution in [3.8, 4) is 0 Å². The number of aliphatic hydroxyl groups is 1. The van der Waals surface area contributed by atoms with Crippen molar-refractivity contribution in [3.05, 3.63) is 54.1 Å². The molecule has 6 atom stereocenters. The summed E-state index contributed by atoms with van der Waals surface area (Å²) in [6, 6.07) is 13.7. The number of rotatable bonds is 8. The van der Waals surface area contributed by atoms with Gasteiger partial charge >= 0.3 is 6.09 Å². The van der Waals surface area contributed by atoms with Gasteiger partial charge in [-0.1, -0.05) is 48.0 Å². The van der Waals surface area contributed by atoms with Crippen molar-refractivity contribution in [1.82, 2.24) is 0 Å². The van der Waals surface area contributed by atoms with Gasteiger partial charge in [-0.2, -0.15) is 11.8 Å². The van der Waals surface area contributed by atoms with E-state index in [-0.39, 0.29) is 12.0 Å². The zero-order valence-corrected chi connectivity index (χ0v) is 22.1. The van der Waals surface area contributed by atoms with Gasteiger partial charge in [0.05, 0.1) is 17.4 Å². The van der Waals surface area contributed by atoms with Gasteiger partial charge in [-0.3, -0.25) is 5.32 Å². The van der Waals surface area contributed by atoms with Crippen LogP contribution in [-0.2, 0) is 14.2 Å². The number of fused-ring (bicyclic) bond motifs is 1. The summed E-state index contributed by atoms with van der Waals surface area (Å²) in [4.78, 5) is 13.0. The summed E-state index contributed by atoms with van der Waals surface area (Å²) in [6.07, 6.45) is 4.47. The molecule has 6 unspecified atom stereocenters. The number of carbonyl (C=O) groups is 1. The Morgan fingerprint density at radius 1 is 1.26 bits per heavy atom. The fourth-order valence-electron chi connectivity index (χ4n) is 5.70. The summed E-state index contributed by atoms with van der Waals surface area (Å²) < 4.78 is 18.1. The van der Waals surface area contributed by atoms with Gasteiger partial charge in [0, 0.05) is 24.2 Å². The predicted octanol–water partition coefficient (Wildman–Crippen LogP) is 5.79. The Kier molecular flexibility index (Phi) is 7.81. The summed E-state index contributed by atoms with van der Waals surface area (Å²) in [6.45, 7) is 6.19. The van der Waals surface area contributed by atoms with Crippen molar-refractivity contribution in [3.63, 3.8) is 0 Å². The van der Waals surface area contributed by atoms with Crippen LogP contribution in [0.4, 0.5) is 10.5 Å².